The lowest BCUT2D eigenvalue weighted by Crippen LogP contribution is -2.28. The van der Waals surface area contributed by atoms with Crippen molar-refractivity contribution in [3.05, 3.63) is 60.2 Å². The van der Waals surface area contributed by atoms with Crippen molar-refractivity contribution in [3.63, 3.8) is 0 Å². The highest BCUT2D eigenvalue weighted by Crippen LogP contribution is 2.23. The Bertz CT molecular complexity index is 614. The molecule has 4 nitrogen and oxygen atoms in total. The fraction of sp³-hybridized carbons (Fsp3) is 0.350. The number of para-hydroxylation sites is 2. The van der Waals surface area contributed by atoms with Crippen molar-refractivity contribution >= 4 is 11.6 Å². The molecular weight excluding hydrogens is 300 g/mol. The first-order valence-electron chi connectivity index (χ1n) is 8.56. The van der Waals surface area contributed by atoms with Gasteiger partial charge in [0, 0.05) is 0 Å². The van der Waals surface area contributed by atoms with Gasteiger partial charge in [-0.05, 0) is 43.5 Å². The van der Waals surface area contributed by atoms with Gasteiger partial charge >= 0.3 is 0 Å². The van der Waals surface area contributed by atoms with Crippen molar-refractivity contribution in [1.82, 2.24) is 5.32 Å². The molecule has 0 saturated carbocycles. The third-order valence-electron chi connectivity index (χ3n) is 3.58. The normalized spacial score (nSPS) is 10.4. The molecule has 0 aliphatic rings. The number of amides is 1. The van der Waals surface area contributed by atoms with Crippen molar-refractivity contribution in [3.8, 4) is 5.75 Å². The molecule has 24 heavy (non-hydrogen) atoms. The van der Waals surface area contributed by atoms with Gasteiger partial charge in [0.1, 0.15) is 5.75 Å². The maximum absolute atomic E-state index is 11.9. The molecule has 0 spiro atoms. The number of nitrogens with one attached hydrogen (secondary N) is 2. The minimum Gasteiger partial charge on any atom is -0.491 e. The third-order valence-corrected chi connectivity index (χ3v) is 3.58. The zero-order valence-corrected chi connectivity index (χ0v) is 14.3. The molecule has 2 rings (SSSR count). The highest BCUT2D eigenvalue weighted by molar-refractivity contribution is 5.93. The van der Waals surface area contributed by atoms with Crippen LogP contribution in [0.4, 0.5) is 5.69 Å². The maximum Gasteiger partial charge on any atom is 0.238 e. The van der Waals surface area contributed by atoms with Crippen molar-refractivity contribution in [2.75, 3.05) is 25.0 Å². The van der Waals surface area contributed by atoms with Crippen LogP contribution in [0.25, 0.3) is 0 Å². The lowest BCUT2D eigenvalue weighted by molar-refractivity contribution is -0.115. The molecule has 1 amide bonds. The van der Waals surface area contributed by atoms with Crippen LogP contribution in [0.3, 0.4) is 0 Å². The molecular formula is C20H26N2O2. The van der Waals surface area contributed by atoms with Gasteiger partial charge in [-0.1, -0.05) is 49.4 Å². The second-order valence-corrected chi connectivity index (χ2v) is 5.66. The third kappa shape index (κ3) is 6.42. The van der Waals surface area contributed by atoms with E-state index in [1.165, 1.54) is 5.56 Å². The topological polar surface area (TPSA) is 50.4 Å². The standard InChI is InChI=1S/C20H26N2O2/c1-2-14-21-16-20(23)22-18-12-6-7-13-19(18)24-15-8-11-17-9-4-3-5-10-17/h3-7,9-10,12-13,21H,2,8,11,14-16H2,1H3,(H,22,23). The summed E-state index contributed by atoms with van der Waals surface area (Å²) in [5.41, 5.74) is 2.03. The van der Waals surface area contributed by atoms with E-state index >= 15 is 0 Å². The van der Waals surface area contributed by atoms with Crippen molar-refractivity contribution in [2.24, 2.45) is 0 Å². The van der Waals surface area contributed by atoms with Crippen molar-refractivity contribution in [2.45, 2.75) is 26.2 Å². The Kier molecular flexibility index (Phi) is 7.84. The Balaban J connectivity index is 1.79. The summed E-state index contributed by atoms with van der Waals surface area (Å²) in [7, 11) is 0. The van der Waals surface area contributed by atoms with E-state index in [2.05, 4.69) is 29.7 Å². The molecule has 128 valence electrons. The first-order chi connectivity index (χ1) is 11.8. The molecule has 0 aromatic heterocycles. The number of hydrogen-bond donors (Lipinski definition) is 2. The Morgan fingerprint density at radius 1 is 1.04 bits per heavy atom. The largest absolute Gasteiger partial charge is 0.491 e. The molecule has 0 radical (unpaired) electrons. The van der Waals surface area contributed by atoms with Crippen LogP contribution in [0.5, 0.6) is 5.75 Å². The Hall–Kier alpha value is -2.33. The van der Waals surface area contributed by atoms with Crippen LogP contribution in [0.2, 0.25) is 0 Å². The predicted molar refractivity (Wildman–Crippen MR) is 98.5 cm³/mol. The number of ether oxygens (including phenoxy) is 1. The quantitative estimate of drug-likeness (QED) is 0.656. The Labute approximate surface area is 144 Å². The van der Waals surface area contributed by atoms with Crippen LogP contribution in [-0.2, 0) is 11.2 Å². The monoisotopic (exact) mass is 326 g/mol. The maximum atomic E-state index is 11.9. The molecule has 0 fully saturated rings. The number of carbonyl (C=O) groups excluding carboxylic acids is 1. The summed E-state index contributed by atoms with van der Waals surface area (Å²) in [5, 5.41) is 5.99. The molecule has 0 bridgehead atoms. The molecule has 2 aromatic rings. The van der Waals surface area contributed by atoms with E-state index in [1.54, 1.807) is 0 Å². The van der Waals surface area contributed by atoms with Crippen LogP contribution in [0, 0.1) is 0 Å². The van der Waals surface area contributed by atoms with Crippen molar-refractivity contribution < 1.29 is 9.53 Å². The zero-order chi connectivity index (χ0) is 17.0. The number of hydrogen-bond acceptors (Lipinski definition) is 3. The average Bonchev–Trinajstić information content (AvgIpc) is 2.61. The van der Waals surface area contributed by atoms with E-state index in [0.717, 1.165) is 37.2 Å². The molecule has 0 heterocycles. The molecule has 2 N–H and O–H groups in total. The van der Waals surface area contributed by atoms with Crippen molar-refractivity contribution in [1.29, 1.82) is 0 Å². The van der Waals surface area contributed by atoms with Gasteiger partial charge in [0.15, 0.2) is 0 Å². The van der Waals surface area contributed by atoms with E-state index in [1.807, 2.05) is 42.5 Å². The van der Waals surface area contributed by atoms with E-state index in [-0.39, 0.29) is 5.91 Å². The first-order valence-corrected chi connectivity index (χ1v) is 8.56. The van der Waals surface area contributed by atoms with Gasteiger partial charge < -0.3 is 15.4 Å². The summed E-state index contributed by atoms with van der Waals surface area (Å²) in [6.07, 6.45) is 2.93. The minimum absolute atomic E-state index is 0.0521. The summed E-state index contributed by atoms with van der Waals surface area (Å²) in [5.74, 6) is 0.665. The highest BCUT2D eigenvalue weighted by Gasteiger charge is 2.07. The van der Waals surface area contributed by atoms with Crippen LogP contribution in [-0.4, -0.2) is 25.6 Å². The average molecular weight is 326 g/mol. The summed E-state index contributed by atoms with van der Waals surface area (Å²) < 4.78 is 5.85. The van der Waals surface area contributed by atoms with Gasteiger partial charge in [-0.15, -0.1) is 0 Å². The highest BCUT2D eigenvalue weighted by atomic mass is 16.5. The van der Waals surface area contributed by atoms with E-state index in [4.69, 9.17) is 4.74 Å². The molecule has 0 unspecified atom stereocenters. The minimum atomic E-state index is -0.0521. The summed E-state index contributed by atoms with van der Waals surface area (Å²) >= 11 is 0. The molecule has 4 heteroatoms. The SMILES string of the molecule is CCCNCC(=O)Nc1ccccc1OCCCc1ccccc1. The number of aryl methyl sites for hydroxylation is 1. The molecule has 0 aliphatic heterocycles. The predicted octanol–water partition coefficient (Wildman–Crippen LogP) is 3.64. The number of carbonyl (C=O) groups is 1. The number of rotatable bonds is 10. The summed E-state index contributed by atoms with van der Waals surface area (Å²) in [6.45, 7) is 3.85. The second kappa shape index (κ2) is 10.4. The van der Waals surface area contributed by atoms with Gasteiger partial charge in [-0.2, -0.15) is 0 Å². The van der Waals surface area contributed by atoms with Gasteiger partial charge in [0.2, 0.25) is 5.91 Å². The van der Waals surface area contributed by atoms with Crippen LogP contribution < -0.4 is 15.4 Å². The summed E-state index contributed by atoms with van der Waals surface area (Å²) in [4.78, 5) is 11.9. The number of anilines is 1. The van der Waals surface area contributed by atoms with E-state index in [0.29, 0.717) is 13.2 Å². The van der Waals surface area contributed by atoms with Crippen LogP contribution in [0.15, 0.2) is 54.6 Å². The lowest BCUT2D eigenvalue weighted by atomic mass is 10.1. The second-order valence-electron chi connectivity index (χ2n) is 5.66. The van der Waals surface area contributed by atoms with Gasteiger partial charge in [0.05, 0.1) is 18.8 Å². The molecule has 2 aromatic carbocycles. The number of benzene rings is 2. The summed E-state index contributed by atoms with van der Waals surface area (Å²) in [6, 6.07) is 17.9. The van der Waals surface area contributed by atoms with Crippen LogP contribution >= 0.6 is 0 Å². The van der Waals surface area contributed by atoms with E-state index in [9.17, 15) is 4.79 Å². The fourth-order valence-electron chi connectivity index (χ4n) is 2.37. The Morgan fingerprint density at radius 2 is 1.79 bits per heavy atom. The van der Waals surface area contributed by atoms with Gasteiger partial charge in [0.25, 0.3) is 0 Å². The smallest absolute Gasteiger partial charge is 0.238 e. The lowest BCUT2D eigenvalue weighted by Gasteiger charge is -2.12. The molecule has 0 saturated heterocycles. The Morgan fingerprint density at radius 3 is 2.58 bits per heavy atom. The molecule has 0 atom stereocenters. The van der Waals surface area contributed by atoms with Gasteiger partial charge in [-0.25, -0.2) is 0 Å². The first kappa shape index (κ1) is 18.0. The zero-order valence-electron chi connectivity index (χ0n) is 14.3. The van der Waals surface area contributed by atoms with Crippen LogP contribution in [0.1, 0.15) is 25.3 Å². The van der Waals surface area contributed by atoms with E-state index < -0.39 is 0 Å². The fourth-order valence-corrected chi connectivity index (χ4v) is 2.37. The molecule has 0 aliphatic carbocycles. The van der Waals surface area contributed by atoms with Gasteiger partial charge in [-0.3, -0.25) is 4.79 Å².